The quantitative estimate of drug-likeness (QED) is 0.215. The summed E-state index contributed by atoms with van der Waals surface area (Å²) in [6.07, 6.45) is 3.29. The Labute approximate surface area is 250 Å². The van der Waals surface area contributed by atoms with E-state index in [0.717, 1.165) is 29.5 Å². The fraction of sp³-hybridized carbons (Fsp3) is 0.143. The zero-order valence-electron chi connectivity index (χ0n) is 23.7. The molecule has 0 aliphatic heterocycles. The molecule has 2 amide bonds. The molecule has 3 N–H and O–H groups in total. The highest BCUT2D eigenvalue weighted by atomic mass is 19.1. The lowest BCUT2D eigenvalue weighted by molar-refractivity contribution is 0.0929. The Kier molecular flexibility index (Phi) is 6.46. The molecule has 0 unspecified atom stereocenters. The Morgan fingerprint density at radius 3 is 2.52 bits per heavy atom. The first kappa shape index (κ1) is 27.4. The minimum Gasteiger partial charge on any atom is -0.460 e. The number of aryl methyl sites for hydroxylation is 1. The summed E-state index contributed by atoms with van der Waals surface area (Å²) in [6, 6.07) is 21.6. The molecule has 218 valence electrons. The van der Waals surface area contributed by atoms with Gasteiger partial charge in [-0.15, -0.1) is 0 Å². The molecule has 0 bridgehead atoms. The van der Waals surface area contributed by atoms with E-state index in [1.807, 2.05) is 31.2 Å². The van der Waals surface area contributed by atoms with Crippen LogP contribution in [0.2, 0.25) is 0 Å². The molecule has 0 spiro atoms. The SMILES string of the molecule is Cc1ccc(C(=O)NC2(c3ccc4cccnc4n3)CC2)cc1-c1ccc2oc(Cc3ccc(F)cc3)c(C(N)=O)c2c1F. The number of rotatable bonds is 7. The van der Waals surface area contributed by atoms with Gasteiger partial charge in [-0.25, -0.2) is 18.7 Å². The van der Waals surface area contributed by atoms with Gasteiger partial charge in [0.1, 0.15) is 23.0 Å². The van der Waals surface area contributed by atoms with Crippen LogP contribution < -0.4 is 11.1 Å². The van der Waals surface area contributed by atoms with E-state index in [1.165, 1.54) is 12.1 Å². The summed E-state index contributed by atoms with van der Waals surface area (Å²) in [6.45, 7) is 1.82. The molecule has 0 atom stereocenters. The van der Waals surface area contributed by atoms with Crippen molar-refractivity contribution in [2.24, 2.45) is 5.73 Å². The van der Waals surface area contributed by atoms with Crippen molar-refractivity contribution in [2.45, 2.75) is 31.7 Å². The summed E-state index contributed by atoms with van der Waals surface area (Å²) in [7, 11) is 0. The molecule has 3 heterocycles. The van der Waals surface area contributed by atoms with Gasteiger partial charge in [-0.05, 0) is 97.1 Å². The van der Waals surface area contributed by atoms with E-state index in [4.69, 9.17) is 15.1 Å². The number of nitrogens with zero attached hydrogens (tertiary/aromatic N) is 2. The van der Waals surface area contributed by atoms with Gasteiger partial charge in [0, 0.05) is 29.1 Å². The Morgan fingerprint density at radius 1 is 0.977 bits per heavy atom. The Bertz CT molecular complexity index is 2120. The number of fused-ring (bicyclic) bond motifs is 2. The van der Waals surface area contributed by atoms with Gasteiger partial charge in [0.25, 0.3) is 11.8 Å². The highest BCUT2D eigenvalue weighted by Crippen LogP contribution is 2.45. The van der Waals surface area contributed by atoms with Gasteiger partial charge in [-0.2, -0.15) is 0 Å². The van der Waals surface area contributed by atoms with Crippen LogP contribution in [0.4, 0.5) is 8.78 Å². The van der Waals surface area contributed by atoms with E-state index >= 15 is 4.39 Å². The van der Waals surface area contributed by atoms with Crippen molar-refractivity contribution < 1.29 is 22.8 Å². The first-order chi connectivity index (χ1) is 21.2. The molecule has 9 heteroatoms. The second kappa shape index (κ2) is 10.4. The number of aromatic nitrogens is 2. The molecule has 3 aromatic carbocycles. The largest absolute Gasteiger partial charge is 0.460 e. The van der Waals surface area contributed by atoms with Crippen LogP contribution in [0, 0.1) is 18.6 Å². The van der Waals surface area contributed by atoms with Crippen molar-refractivity contribution in [1.82, 2.24) is 15.3 Å². The zero-order chi connectivity index (χ0) is 30.6. The lowest BCUT2D eigenvalue weighted by Crippen LogP contribution is -2.35. The number of hydrogen-bond acceptors (Lipinski definition) is 5. The lowest BCUT2D eigenvalue weighted by Gasteiger charge is -2.18. The van der Waals surface area contributed by atoms with Crippen LogP contribution in [-0.2, 0) is 12.0 Å². The van der Waals surface area contributed by atoms with Gasteiger partial charge in [-0.1, -0.05) is 18.2 Å². The number of carbonyl (C=O) groups excluding carboxylic acids is 2. The molecular formula is C35H26F2N4O3. The van der Waals surface area contributed by atoms with Crippen LogP contribution in [0.15, 0.2) is 89.5 Å². The molecule has 1 saturated carbocycles. The van der Waals surface area contributed by atoms with Crippen LogP contribution in [0.3, 0.4) is 0 Å². The maximum Gasteiger partial charge on any atom is 0.253 e. The molecule has 1 aliphatic rings. The summed E-state index contributed by atoms with van der Waals surface area (Å²) in [5.41, 5.74) is 9.03. The Hall–Kier alpha value is -5.44. The smallest absolute Gasteiger partial charge is 0.253 e. The van der Waals surface area contributed by atoms with Crippen LogP contribution >= 0.6 is 0 Å². The first-order valence-corrected chi connectivity index (χ1v) is 14.2. The van der Waals surface area contributed by atoms with Gasteiger partial charge in [0.15, 0.2) is 5.65 Å². The number of carbonyl (C=O) groups is 2. The third-order valence-electron chi connectivity index (χ3n) is 8.24. The van der Waals surface area contributed by atoms with E-state index < -0.39 is 23.1 Å². The standard InChI is InChI=1S/C35H26F2N4O3/c1-19-4-7-22(34(43)41-35(14-15-35)28-13-8-21-3-2-16-39-33(21)40-28)18-25(19)24-11-12-26-29(31(24)37)30(32(38)42)27(44-26)17-20-5-9-23(36)10-6-20/h2-13,16,18H,14-15,17H2,1H3,(H2,38,42)(H,41,43). The van der Waals surface area contributed by atoms with E-state index in [1.54, 1.807) is 48.7 Å². The van der Waals surface area contributed by atoms with Gasteiger partial charge < -0.3 is 15.5 Å². The highest BCUT2D eigenvalue weighted by molar-refractivity contribution is 6.08. The Morgan fingerprint density at radius 2 is 1.77 bits per heavy atom. The predicted molar refractivity (Wildman–Crippen MR) is 162 cm³/mol. The summed E-state index contributed by atoms with van der Waals surface area (Å²) in [5.74, 6) is -2.04. The van der Waals surface area contributed by atoms with E-state index in [0.29, 0.717) is 22.3 Å². The molecule has 3 aromatic heterocycles. The van der Waals surface area contributed by atoms with E-state index in [2.05, 4.69) is 10.3 Å². The van der Waals surface area contributed by atoms with Crippen LogP contribution in [0.1, 0.15) is 56.1 Å². The normalized spacial score (nSPS) is 13.7. The van der Waals surface area contributed by atoms with E-state index in [-0.39, 0.29) is 40.2 Å². The molecule has 0 radical (unpaired) electrons. The molecule has 44 heavy (non-hydrogen) atoms. The molecule has 7 rings (SSSR count). The van der Waals surface area contributed by atoms with Crippen LogP contribution in [0.5, 0.6) is 0 Å². The number of nitrogens with two attached hydrogens (primary N) is 1. The second-order valence-electron chi connectivity index (χ2n) is 11.2. The minimum atomic E-state index is -0.839. The van der Waals surface area contributed by atoms with Gasteiger partial charge in [0.2, 0.25) is 0 Å². The second-order valence-corrected chi connectivity index (χ2v) is 11.2. The molecule has 1 fully saturated rings. The maximum atomic E-state index is 16.3. The van der Waals surface area contributed by atoms with Crippen molar-refractivity contribution in [2.75, 3.05) is 0 Å². The fourth-order valence-corrected chi connectivity index (χ4v) is 5.71. The van der Waals surface area contributed by atoms with Crippen molar-refractivity contribution in [1.29, 1.82) is 0 Å². The number of primary amides is 1. The number of pyridine rings is 2. The third-order valence-corrected chi connectivity index (χ3v) is 8.24. The number of halogens is 2. The van der Waals surface area contributed by atoms with E-state index in [9.17, 15) is 14.0 Å². The van der Waals surface area contributed by atoms with Gasteiger partial charge in [-0.3, -0.25) is 9.59 Å². The van der Waals surface area contributed by atoms with Crippen LogP contribution in [0.25, 0.3) is 33.1 Å². The van der Waals surface area contributed by atoms with Crippen molar-refractivity contribution in [3.63, 3.8) is 0 Å². The number of furan rings is 1. The average Bonchev–Trinajstić information content (AvgIpc) is 3.70. The zero-order valence-corrected chi connectivity index (χ0v) is 23.7. The summed E-state index contributed by atoms with van der Waals surface area (Å²) < 4.78 is 35.6. The topological polar surface area (TPSA) is 111 Å². The van der Waals surface area contributed by atoms with Gasteiger partial charge >= 0.3 is 0 Å². The monoisotopic (exact) mass is 588 g/mol. The van der Waals surface area contributed by atoms with Gasteiger partial charge in [0.05, 0.1) is 22.2 Å². The predicted octanol–water partition coefficient (Wildman–Crippen LogP) is 6.74. The first-order valence-electron chi connectivity index (χ1n) is 14.2. The van der Waals surface area contributed by atoms with Crippen molar-refractivity contribution in [3.8, 4) is 11.1 Å². The molecular weight excluding hydrogens is 562 g/mol. The maximum absolute atomic E-state index is 16.3. The molecule has 0 saturated heterocycles. The number of hydrogen-bond donors (Lipinski definition) is 2. The molecule has 6 aromatic rings. The number of amides is 2. The average molecular weight is 589 g/mol. The summed E-state index contributed by atoms with van der Waals surface area (Å²) >= 11 is 0. The number of benzene rings is 3. The Balaban J connectivity index is 1.23. The summed E-state index contributed by atoms with van der Waals surface area (Å²) in [5, 5.41) is 4.02. The lowest BCUT2D eigenvalue weighted by atomic mass is 9.95. The third kappa shape index (κ3) is 4.76. The van der Waals surface area contributed by atoms with Crippen LogP contribution in [-0.4, -0.2) is 21.8 Å². The summed E-state index contributed by atoms with van der Waals surface area (Å²) in [4.78, 5) is 35.1. The fourth-order valence-electron chi connectivity index (χ4n) is 5.71. The highest BCUT2D eigenvalue weighted by Gasteiger charge is 2.47. The van der Waals surface area contributed by atoms with Crippen molar-refractivity contribution in [3.05, 3.63) is 130 Å². The minimum absolute atomic E-state index is 0.0331. The molecule has 7 nitrogen and oxygen atoms in total. The number of nitrogens with one attached hydrogen (secondary N) is 1. The molecule has 1 aliphatic carbocycles. The van der Waals surface area contributed by atoms with Crippen molar-refractivity contribution >= 4 is 33.8 Å².